The van der Waals surface area contributed by atoms with E-state index in [1.807, 2.05) is 73.7 Å². The van der Waals surface area contributed by atoms with Gasteiger partial charge in [0.2, 0.25) is 18.6 Å². The molecule has 4 atom stereocenters. The Bertz CT molecular complexity index is 1810. The third-order valence-corrected chi connectivity index (χ3v) is 8.56. The zero-order valence-corrected chi connectivity index (χ0v) is 21.5. The van der Waals surface area contributed by atoms with Gasteiger partial charge >= 0.3 is 5.97 Å². The zero-order chi connectivity index (χ0) is 27.1. The highest BCUT2D eigenvalue weighted by Gasteiger charge is 2.60. The van der Waals surface area contributed by atoms with Crippen LogP contribution in [-0.4, -0.2) is 24.6 Å². The fourth-order valence-electron chi connectivity index (χ4n) is 6.73. The molecule has 0 aromatic heterocycles. The molecule has 0 spiro atoms. The summed E-state index contributed by atoms with van der Waals surface area (Å²) in [7, 11) is 0. The molecule has 0 unspecified atom stereocenters. The number of benzene rings is 4. The summed E-state index contributed by atoms with van der Waals surface area (Å²) >= 11 is 0. The smallest absolute Gasteiger partial charge is 0.319 e. The lowest BCUT2D eigenvalue weighted by atomic mass is 9.64. The molecule has 0 bridgehead atoms. The van der Waals surface area contributed by atoms with Crippen molar-refractivity contribution >= 4 is 39.8 Å². The molecule has 2 amide bonds. The van der Waals surface area contributed by atoms with Crippen molar-refractivity contribution in [1.29, 1.82) is 0 Å². The fraction of sp³-hybridized carbons (Fsp3) is 0.182. The minimum absolute atomic E-state index is 0.127. The van der Waals surface area contributed by atoms with Crippen molar-refractivity contribution in [1.82, 2.24) is 0 Å². The van der Waals surface area contributed by atoms with E-state index in [0.29, 0.717) is 22.9 Å². The van der Waals surface area contributed by atoms with E-state index in [1.165, 1.54) is 4.90 Å². The Hall–Kier alpha value is -4.91. The number of ether oxygens (including phenoxy) is 3. The molecule has 3 heterocycles. The summed E-state index contributed by atoms with van der Waals surface area (Å²) in [4.78, 5) is 43.2. The monoisotopic (exact) mass is 529 g/mol. The van der Waals surface area contributed by atoms with Crippen LogP contribution in [0.3, 0.4) is 0 Å². The summed E-state index contributed by atoms with van der Waals surface area (Å²) < 4.78 is 17.0. The van der Waals surface area contributed by atoms with Crippen LogP contribution < -0.4 is 19.1 Å². The number of anilines is 1. The van der Waals surface area contributed by atoms with Gasteiger partial charge in [-0.25, -0.2) is 4.90 Å². The Morgan fingerprint density at radius 1 is 0.775 bits per heavy atom. The summed E-state index contributed by atoms with van der Waals surface area (Å²) in [5, 5.41) is 1.93. The summed E-state index contributed by atoms with van der Waals surface area (Å²) in [6.45, 7) is 2.07. The molecule has 0 N–H and O–H groups in total. The number of hydrogen-bond acceptors (Lipinski definition) is 6. The largest absolute Gasteiger partial charge is 0.454 e. The molecule has 8 rings (SSSR count). The van der Waals surface area contributed by atoms with Crippen molar-refractivity contribution in [3.05, 3.63) is 102 Å². The number of hydrogen-bond donors (Lipinski definition) is 0. The number of aryl methyl sites for hydroxylation is 1. The van der Waals surface area contributed by atoms with Gasteiger partial charge in [-0.2, -0.15) is 0 Å². The van der Waals surface area contributed by atoms with Crippen LogP contribution in [0.1, 0.15) is 22.6 Å². The zero-order valence-electron chi connectivity index (χ0n) is 21.5. The molecular weight excluding hydrogens is 506 g/mol. The number of imide groups is 1. The summed E-state index contributed by atoms with van der Waals surface area (Å²) in [6.07, 6.45) is 2.00. The molecule has 3 aliphatic heterocycles. The molecule has 4 aliphatic rings. The maximum absolute atomic E-state index is 14.2. The van der Waals surface area contributed by atoms with Crippen LogP contribution in [0.4, 0.5) is 5.69 Å². The molecule has 0 radical (unpaired) electrons. The first-order valence-corrected chi connectivity index (χ1v) is 13.3. The van der Waals surface area contributed by atoms with Gasteiger partial charge in [0.1, 0.15) is 5.75 Å². The molecule has 0 saturated carbocycles. The second-order valence-corrected chi connectivity index (χ2v) is 10.7. The Labute approximate surface area is 229 Å². The number of fused-ring (bicyclic) bond motifs is 8. The van der Waals surface area contributed by atoms with Gasteiger partial charge in [0.15, 0.2) is 11.5 Å². The second-order valence-electron chi connectivity index (χ2n) is 10.7. The van der Waals surface area contributed by atoms with E-state index < -0.39 is 29.6 Å². The van der Waals surface area contributed by atoms with Crippen LogP contribution in [0.15, 0.2) is 84.9 Å². The number of amides is 2. The summed E-state index contributed by atoms with van der Waals surface area (Å²) in [5.41, 5.74) is 3.84. The minimum Gasteiger partial charge on any atom is -0.454 e. The highest BCUT2D eigenvalue weighted by atomic mass is 16.7. The van der Waals surface area contributed by atoms with Crippen molar-refractivity contribution in [2.45, 2.75) is 12.8 Å². The van der Waals surface area contributed by atoms with Gasteiger partial charge in [0.25, 0.3) is 0 Å². The number of carbonyl (C=O) groups excluding carboxylic acids is 3. The van der Waals surface area contributed by atoms with E-state index in [4.69, 9.17) is 14.2 Å². The molecule has 4 aromatic rings. The summed E-state index contributed by atoms with van der Waals surface area (Å²) in [5.74, 6) is -2.62. The van der Waals surface area contributed by atoms with Crippen molar-refractivity contribution in [2.24, 2.45) is 17.8 Å². The Kier molecular flexibility index (Phi) is 4.77. The van der Waals surface area contributed by atoms with Crippen molar-refractivity contribution in [3.8, 4) is 17.2 Å². The number of nitrogens with zero attached hydrogens (tertiary/aromatic N) is 1. The van der Waals surface area contributed by atoms with Gasteiger partial charge in [0, 0.05) is 11.5 Å². The third-order valence-electron chi connectivity index (χ3n) is 8.56. The molecular formula is C33H23NO6. The molecule has 1 aliphatic carbocycles. The van der Waals surface area contributed by atoms with Gasteiger partial charge in [-0.15, -0.1) is 0 Å². The predicted molar refractivity (Wildman–Crippen MR) is 147 cm³/mol. The van der Waals surface area contributed by atoms with E-state index in [1.54, 1.807) is 18.2 Å². The number of carbonyl (C=O) groups is 3. The Balaban J connectivity index is 1.36. The second kappa shape index (κ2) is 8.29. The maximum Gasteiger partial charge on any atom is 0.319 e. The lowest BCUT2D eigenvalue weighted by Crippen LogP contribution is -2.42. The highest BCUT2D eigenvalue weighted by molar-refractivity contribution is 6.25. The number of allylic oxidation sites excluding steroid dienone is 1. The Morgan fingerprint density at radius 3 is 2.38 bits per heavy atom. The molecule has 1 saturated heterocycles. The molecule has 4 aromatic carbocycles. The van der Waals surface area contributed by atoms with Crippen molar-refractivity contribution < 1.29 is 28.6 Å². The van der Waals surface area contributed by atoms with Crippen molar-refractivity contribution in [3.63, 3.8) is 0 Å². The van der Waals surface area contributed by atoms with Crippen LogP contribution >= 0.6 is 0 Å². The third kappa shape index (κ3) is 3.14. The number of rotatable bonds is 2. The molecule has 7 nitrogen and oxygen atoms in total. The summed E-state index contributed by atoms with van der Waals surface area (Å²) in [6, 6.07) is 24.5. The minimum atomic E-state index is -0.913. The molecule has 7 heteroatoms. The SMILES string of the molecule is Cc1ccc(N2C(=O)[C@@H]3[C@@H]4C(=O)Oc5ccc6ccccc6c5C4=C[C@@H](c4ccc5c(c4)OCO5)[C@@H]3C2=O)cc1. The van der Waals surface area contributed by atoms with E-state index in [-0.39, 0.29) is 18.6 Å². The first kappa shape index (κ1) is 23.0. The van der Waals surface area contributed by atoms with Gasteiger partial charge < -0.3 is 14.2 Å². The maximum atomic E-state index is 14.2. The Morgan fingerprint density at radius 2 is 1.52 bits per heavy atom. The predicted octanol–water partition coefficient (Wildman–Crippen LogP) is 5.40. The molecule has 40 heavy (non-hydrogen) atoms. The standard InChI is InChI=1S/C33H23NO6/c1-17-6-10-20(11-7-17)34-31(35)28-22(19-9-12-24-26(14-19)39-16-38-24)15-23-27-21-5-3-2-4-18(21)8-13-25(27)40-33(37)29(23)30(28)32(34)36/h2-15,22,28-30H,16H2,1H3/t22-,28-,29+,30-/m0/s1. The molecule has 1 fully saturated rings. The van der Waals surface area contributed by atoms with Gasteiger partial charge in [-0.3, -0.25) is 14.4 Å². The van der Waals surface area contributed by atoms with E-state index in [9.17, 15) is 14.4 Å². The van der Waals surface area contributed by atoms with Crippen LogP contribution in [0.25, 0.3) is 16.3 Å². The normalized spacial score (nSPS) is 24.4. The van der Waals surface area contributed by atoms with E-state index in [2.05, 4.69) is 0 Å². The average molecular weight is 530 g/mol. The first-order valence-electron chi connectivity index (χ1n) is 13.3. The first-order chi connectivity index (χ1) is 19.5. The highest BCUT2D eigenvalue weighted by Crippen LogP contribution is 2.56. The average Bonchev–Trinajstić information content (AvgIpc) is 3.54. The van der Waals surface area contributed by atoms with Crippen LogP contribution in [0.2, 0.25) is 0 Å². The van der Waals surface area contributed by atoms with Crippen molar-refractivity contribution in [2.75, 3.05) is 11.7 Å². The quantitative estimate of drug-likeness (QED) is 0.197. The van der Waals surface area contributed by atoms with Gasteiger partial charge in [-0.05, 0) is 59.2 Å². The van der Waals surface area contributed by atoms with Crippen LogP contribution in [0, 0.1) is 24.7 Å². The molecule has 196 valence electrons. The van der Waals surface area contributed by atoms with Crippen LogP contribution in [-0.2, 0) is 14.4 Å². The lowest BCUT2D eigenvalue weighted by molar-refractivity contribution is -0.142. The number of esters is 1. The van der Waals surface area contributed by atoms with E-state index in [0.717, 1.165) is 33.0 Å². The fourth-order valence-corrected chi connectivity index (χ4v) is 6.73. The van der Waals surface area contributed by atoms with Crippen LogP contribution in [0.5, 0.6) is 17.2 Å². The topological polar surface area (TPSA) is 82.1 Å². The van der Waals surface area contributed by atoms with Gasteiger partial charge in [0.05, 0.1) is 23.4 Å². The lowest BCUT2D eigenvalue weighted by Gasteiger charge is -2.38. The van der Waals surface area contributed by atoms with E-state index >= 15 is 0 Å². The van der Waals surface area contributed by atoms with Gasteiger partial charge in [-0.1, -0.05) is 60.2 Å².